The number of nitriles is 1. The molecule has 3 heterocycles. The summed E-state index contributed by atoms with van der Waals surface area (Å²) >= 11 is 0. The standard InChI is InChI=1S/C27H22N6O4/c1-36-18-11-9-17(10-12-18)33-15-16(30-31-33)14-32-21-6-3-2-5-19(21)27(26(32)35)20(13-28)25(29)37-23-8-4-7-22(34)24(23)27/h2-3,5-6,9-12,15H,4,7-8,14,29H2,1H3. The molecule has 0 bridgehead atoms. The maximum atomic E-state index is 14.4. The Hall–Kier alpha value is -4.91. The number of methoxy groups -OCH3 is 1. The molecule has 0 fully saturated rings. The fourth-order valence-electron chi connectivity index (χ4n) is 5.46. The number of carbonyl (C=O) groups is 2. The summed E-state index contributed by atoms with van der Waals surface area (Å²) in [5.41, 5.74) is 7.11. The number of ether oxygens (including phenoxy) is 2. The van der Waals surface area contributed by atoms with Gasteiger partial charge in [0.25, 0.3) is 0 Å². The first-order valence-corrected chi connectivity index (χ1v) is 11.8. The highest BCUT2D eigenvalue weighted by Gasteiger charge is 2.62. The van der Waals surface area contributed by atoms with E-state index in [-0.39, 0.29) is 35.8 Å². The number of nitrogens with zero attached hydrogens (tertiary/aromatic N) is 5. The molecule has 3 aliphatic rings. The monoisotopic (exact) mass is 494 g/mol. The van der Waals surface area contributed by atoms with Gasteiger partial charge in [0.2, 0.25) is 11.8 Å². The second-order valence-corrected chi connectivity index (χ2v) is 9.04. The number of carbonyl (C=O) groups excluding carboxylic acids is 2. The van der Waals surface area contributed by atoms with E-state index in [4.69, 9.17) is 15.2 Å². The lowest BCUT2D eigenvalue weighted by Gasteiger charge is -2.37. The largest absolute Gasteiger partial charge is 0.497 e. The summed E-state index contributed by atoms with van der Waals surface area (Å²) in [5, 5.41) is 18.6. The van der Waals surface area contributed by atoms with Crippen LogP contribution < -0.4 is 15.4 Å². The van der Waals surface area contributed by atoms with Crippen LogP contribution in [0.3, 0.4) is 0 Å². The first kappa shape index (κ1) is 22.5. The van der Waals surface area contributed by atoms with Crippen molar-refractivity contribution in [2.24, 2.45) is 5.73 Å². The van der Waals surface area contributed by atoms with Crippen molar-refractivity contribution in [2.45, 2.75) is 31.2 Å². The predicted molar refractivity (Wildman–Crippen MR) is 131 cm³/mol. The Labute approximate surface area is 212 Å². The molecule has 37 heavy (non-hydrogen) atoms. The predicted octanol–water partition coefficient (Wildman–Crippen LogP) is 2.79. The van der Waals surface area contributed by atoms with Crippen molar-refractivity contribution in [2.75, 3.05) is 12.0 Å². The van der Waals surface area contributed by atoms with E-state index in [1.54, 1.807) is 41.1 Å². The van der Waals surface area contributed by atoms with E-state index in [1.165, 1.54) is 0 Å². The van der Waals surface area contributed by atoms with Gasteiger partial charge in [0.05, 0.1) is 31.1 Å². The molecule has 1 spiro atoms. The maximum Gasteiger partial charge on any atom is 0.248 e. The number of Topliss-reactive ketones (excluding diaryl/α,β-unsaturated/α-hetero) is 1. The Kier molecular flexibility index (Phi) is 5.08. The fraction of sp³-hybridized carbons (Fsp3) is 0.222. The van der Waals surface area contributed by atoms with Crippen molar-refractivity contribution >= 4 is 17.4 Å². The zero-order valence-corrected chi connectivity index (χ0v) is 20.0. The number of aromatic nitrogens is 3. The third-order valence-corrected chi connectivity index (χ3v) is 7.07. The average Bonchev–Trinajstić information content (AvgIpc) is 3.47. The zero-order chi connectivity index (χ0) is 25.7. The normalized spacial score (nSPS) is 20.6. The molecule has 0 saturated carbocycles. The van der Waals surface area contributed by atoms with Crippen LogP contribution in [0, 0.1) is 11.3 Å². The number of allylic oxidation sites excluding steroid dienone is 1. The van der Waals surface area contributed by atoms with Crippen LogP contribution in [0.1, 0.15) is 30.5 Å². The number of ketones is 1. The Morgan fingerprint density at radius 2 is 1.95 bits per heavy atom. The number of amides is 1. The highest BCUT2D eigenvalue weighted by atomic mass is 16.5. The number of anilines is 1. The molecule has 6 rings (SSSR count). The van der Waals surface area contributed by atoms with E-state index in [2.05, 4.69) is 16.4 Å². The second-order valence-electron chi connectivity index (χ2n) is 9.04. The van der Waals surface area contributed by atoms with Crippen LogP contribution in [-0.2, 0) is 26.3 Å². The minimum atomic E-state index is -1.65. The Balaban J connectivity index is 1.45. The van der Waals surface area contributed by atoms with Gasteiger partial charge >= 0.3 is 0 Å². The van der Waals surface area contributed by atoms with Crippen molar-refractivity contribution in [3.63, 3.8) is 0 Å². The van der Waals surface area contributed by atoms with Gasteiger partial charge < -0.3 is 20.1 Å². The van der Waals surface area contributed by atoms with Gasteiger partial charge in [-0.3, -0.25) is 9.59 Å². The molecule has 1 aromatic heterocycles. The molecule has 10 nitrogen and oxygen atoms in total. The van der Waals surface area contributed by atoms with E-state index >= 15 is 0 Å². The summed E-state index contributed by atoms with van der Waals surface area (Å²) in [7, 11) is 1.60. The van der Waals surface area contributed by atoms with Gasteiger partial charge in [-0.15, -0.1) is 5.10 Å². The molecule has 2 N–H and O–H groups in total. The summed E-state index contributed by atoms with van der Waals surface area (Å²) in [6.45, 7) is 0.0873. The molecule has 2 aromatic carbocycles. The third kappa shape index (κ3) is 3.17. The van der Waals surface area contributed by atoms with Gasteiger partial charge in [-0.05, 0) is 36.8 Å². The SMILES string of the molecule is COc1ccc(-n2cc(CN3C(=O)C4(C(C#N)=C(N)OC5=C4C(=O)CCC5)c4ccccc43)nn2)cc1. The zero-order valence-electron chi connectivity index (χ0n) is 20.0. The van der Waals surface area contributed by atoms with Crippen LogP contribution in [0.25, 0.3) is 5.69 Å². The maximum absolute atomic E-state index is 14.4. The Morgan fingerprint density at radius 1 is 1.16 bits per heavy atom. The summed E-state index contributed by atoms with van der Waals surface area (Å²) in [5.74, 6) is 0.293. The number of rotatable bonds is 4. The van der Waals surface area contributed by atoms with Crippen molar-refractivity contribution in [3.05, 3.63) is 88.8 Å². The van der Waals surface area contributed by atoms with Gasteiger partial charge in [0, 0.05) is 24.1 Å². The van der Waals surface area contributed by atoms with E-state index < -0.39 is 11.3 Å². The molecule has 10 heteroatoms. The smallest absolute Gasteiger partial charge is 0.248 e. The Morgan fingerprint density at radius 3 is 2.70 bits per heavy atom. The van der Waals surface area contributed by atoms with E-state index in [0.29, 0.717) is 35.5 Å². The third-order valence-electron chi connectivity index (χ3n) is 7.07. The summed E-state index contributed by atoms with van der Waals surface area (Å²) in [4.78, 5) is 29.2. The van der Waals surface area contributed by atoms with Gasteiger partial charge in [-0.1, -0.05) is 23.4 Å². The number of nitrogens with two attached hydrogens (primary N) is 1. The lowest BCUT2D eigenvalue weighted by atomic mass is 9.65. The lowest BCUT2D eigenvalue weighted by Crippen LogP contribution is -2.48. The van der Waals surface area contributed by atoms with Crippen LogP contribution in [0.4, 0.5) is 5.69 Å². The molecule has 0 radical (unpaired) electrons. The van der Waals surface area contributed by atoms with E-state index in [1.807, 2.05) is 30.3 Å². The first-order valence-electron chi connectivity index (χ1n) is 11.8. The Bertz CT molecular complexity index is 1560. The van der Waals surface area contributed by atoms with Crippen LogP contribution in [0.15, 0.2) is 77.5 Å². The molecular weight excluding hydrogens is 472 g/mol. The molecular formula is C27H22N6O4. The molecule has 0 saturated heterocycles. The molecule has 1 unspecified atom stereocenters. The van der Waals surface area contributed by atoms with Gasteiger partial charge in [0.1, 0.15) is 34.3 Å². The molecule has 1 aliphatic carbocycles. The van der Waals surface area contributed by atoms with Gasteiger partial charge in [0.15, 0.2) is 5.78 Å². The van der Waals surface area contributed by atoms with Crippen molar-refractivity contribution in [1.29, 1.82) is 5.26 Å². The highest BCUT2D eigenvalue weighted by Crippen LogP contribution is 2.55. The molecule has 1 atom stereocenters. The lowest BCUT2D eigenvalue weighted by molar-refractivity contribution is -0.124. The number of para-hydroxylation sites is 1. The minimum Gasteiger partial charge on any atom is -0.497 e. The van der Waals surface area contributed by atoms with Crippen molar-refractivity contribution < 1.29 is 19.1 Å². The minimum absolute atomic E-state index is 0.0664. The topological polar surface area (TPSA) is 136 Å². The molecule has 3 aromatic rings. The number of hydrogen-bond donors (Lipinski definition) is 1. The molecule has 2 aliphatic heterocycles. The van der Waals surface area contributed by atoms with Crippen LogP contribution >= 0.6 is 0 Å². The fourth-order valence-corrected chi connectivity index (χ4v) is 5.46. The van der Waals surface area contributed by atoms with E-state index in [0.717, 1.165) is 11.4 Å². The average molecular weight is 495 g/mol. The number of fused-ring (bicyclic) bond motifs is 3. The highest BCUT2D eigenvalue weighted by molar-refractivity contribution is 6.19. The molecule has 184 valence electrons. The summed E-state index contributed by atoms with van der Waals surface area (Å²) in [6.07, 6.45) is 3.07. The van der Waals surface area contributed by atoms with Crippen molar-refractivity contribution in [3.8, 4) is 17.5 Å². The first-order chi connectivity index (χ1) is 18.0. The summed E-state index contributed by atoms with van der Waals surface area (Å²) in [6, 6.07) is 16.6. The van der Waals surface area contributed by atoms with E-state index in [9.17, 15) is 14.9 Å². The van der Waals surface area contributed by atoms with Gasteiger partial charge in [-0.25, -0.2) is 4.68 Å². The second kappa shape index (κ2) is 8.34. The quantitative estimate of drug-likeness (QED) is 0.585. The number of hydrogen-bond acceptors (Lipinski definition) is 8. The van der Waals surface area contributed by atoms with Gasteiger partial charge in [-0.2, -0.15) is 5.26 Å². The van der Waals surface area contributed by atoms with Crippen LogP contribution in [0.2, 0.25) is 0 Å². The van der Waals surface area contributed by atoms with Crippen LogP contribution in [-0.4, -0.2) is 33.8 Å². The molecule has 1 amide bonds. The number of benzene rings is 2. The summed E-state index contributed by atoms with van der Waals surface area (Å²) < 4.78 is 12.5. The van der Waals surface area contributed by atoms with Crippen LogP contribution in [0.5, 0.6) is 5.75 Å². The van der Waals surface area contributed by atoms with Crippen molar-refractivity contribution in [1.82, 2.24) is 15.0 Å².